The lowest BCUT2D eigenvalue weighted by Gasteiger charge is -2.21. The van der Waals surface area contributed by atoms with E-state index in [4.69, 9.17) is 17.0 Å². The van der Waals surface area contributed by atoms with Gasteiger partial charge in [0.05, 0.1) is 12.1 Å². The molecule has 0 radical (unpaired) electrons. The second-order valence-electron chi connectivity index (χ2n) is 6.27. The zero-order valence-electron chi connectivity index (χ0n) is 13.9. The summed E-state index contributed by atoms with van der Waals surface area (Å²) in [6.07, 6.45) is 3.60. The number of nitrogens with one attached hydrogen (secondary N) is 2. The predicted octanol–water partition coefficient (Wildman–Crippen LogP) is 3.90. The number of ether oxygens (including phenoxy) is 1. The maximum atomic E-state index is 5.60. The molecule has 0 amide bonds. The fourth-order valence-corrected chi connectivity index (χ4v) is 2.98. The highest BCUT2D eigenvalue weighted by Gasteiger charge is 2.16. The minimum atomic E-state index is 0.255. The molecule has 1 fully saturated rings. The Morgan fingerprint density at radius 1 is 1.27 bits per heavy atom. The fourth-order valence-electron chi connectivity index (χ4n) is 2.76. The molecule has 0 aliphatic carbocycles. The van der Waals surface area contributed by atoms with Gasteiger partial charge in [0.2, 0.25) is 0 Å². The second kappa shape index (κ2) is 8.49. The van der Waals surface area contributed by atoms with Crippen LogP contribution in [0.4, 0.5) is 0 Å². The summed E-state index contributed by atoms with van der Waals surface area (Å²) >= 11 is 5.42. The molecule has 2 atom stereocenters. The van der Waals surface area contributed by atoms with Crippen LogP contribution in [0.2, 0.25) is 0 Å². The summed E-state index contributed by atoms with van der Waals surface area (Å²) in [7, 11) is 0. The molecule has 2 N–H and O–H groups in total. The number of rotatable bonds is 6. The predicted molar refractivity (Wildman–Crippen MR) is 96.3 cm³/mol. The molecule has 1 aliphatic rings. The van der Waals surface area contributed by atoms with Crippen LogP contribution >= 0.6 is 12.2 Å². The summed E-state index contributed by atoms with van der Waals surface area (Å²) in [5.41, 5.74) is 2.66. The Hall–Kier alpha value is -1.13. The zero-order valence-corrected chi connectivity index (χ0v) is 14.7. The topological polar surface area (TPSA) is 33.3 Å². The van der Waals surface area contributed by atoms with E-state index in [1.54, 1.807) is 0 Å². The smallest absolute Gasteiger partial charge is 0.166 e. The Balaban J connectivity index is 1.86. The summed E-state index contributed by atoms with van der Waals surface area (Å²) in [5, 5.41) is 7.42. The van der Waals surface area contributed by atoms with Crippen molar-refractivity contribution in [3.05, 3.63) is 35.4 Å². The first-order chi connectivity index (χ1) is 10.6. The molecule has 0 bridgehead atoms. The van der Waals surface area contributed by atoms with Gasteiger partial charge in [-0.05, 0) is 48.5 Å². The second-order valence-corrected chi connectivity index (χ2v) is 6.68. The van der Waals surface area contributed by atoms with E-state index in [9.17, 15) is 0 Å². The summed E-state index contributed by atoms with van der Waals surface area (Å²) in [6.45, 7) is 8.29. The third-order valence-electron chi connectivity index (χ3n) is 4.23. The van der Waals surface area contributed by atoms with Crippen LogP contribution in [-0.4, -0.2) is 24.4 Å². The Kier molecular flexibility index (Phi) is 6.65. The Bertz CT molecular complexity index is 466. The molecule has 1 heterocycles. The fraction of sp³-hybridized carbons (Fsp3) is 0.611. The van der Waals surface area contributed by atoms with Crippen molar-refractivity contribution >= 4 is 17.3 Å². The molecule has 3 nitrogen and oxygen atoms in total. The molecule has 2 unspecified atom stereocenters. The van der Waals surface area contributed by atoms with E-state index in [1.807, 2.05) is 0 Å². The Morgan fingerprint density at radius 2 is 1.95 bits per heavy atom. The van der Waals surface area contributed by atoms with Gasteiger partial charge in [-0.15, -0.1) is 0 Å². The van der Waals surface area contributed by atoms with E-state index in [0.717, 1.165) is 37.5 Å². The average Bonchev–Trinajstić information content (AvgIpc) is 3.04. The first-order valence-electron chi connectivity index (χ1n) is 8.36. The van der Waals surface area contributed by atoms with Crippen molar-refractivity contribution in [3.8, 4) is 0 Å². The highest BCUT2D eigenvalue weighted by Crippen LogP contribution is 2.20. The number of thiocarbonyl (C=S) groups is 1. The van der Waals surface area contributed by atoms with Crippen LogP contribution in [0.1, 0.15) is 63.1 Å². The van der Waals surface area contributed by atoms with E-state index >= 15 is 0 Å². The monoisotopic (exact) mass is 320 g/mol. The van der Waals surface area contributed by atoms with Crippen LogP contribution in [0.15, 0.2) is 24.3 Å². The van der Waals surface area contributed by atoms with Gasteiger partial charge < -0.3 is 15.4 Å². The van der Waals surface area contributed by atoms with Gasteiger partial charge in [0, 0.05) is 13.2 Å². The van der Waals surface area contributed by atoms with Crippen LogP contribution in [0.25, 0.3) is 0 Å². The number of hydrogen-bond acceptors (Lipinski definition) is 2. The molecule has 0 saturated carbocycles. The zero-order chi connectivity index (χ0) is 15.9. The summed E-state index contributed by atoms with van der Waals surface area (Å²) in [6, 6.07) is 9.10. The lowest BCUT2D eigenvalue weighted by molar-refractivity contribution is 0.114. The van der Waals surface area contributed by atoms with E-state index in [1.165, 1.54) is 11.1 Å². The van der Waals surface area contributed by atoms with Crippen molar-refractivity contribution in [1.82, 2.24) is 10.6 Å². The first kappa shape index (κ1) is 17.2. The van der Waals surface area contributed by atoms with Crippen LogP contribution in [0, 0.1) is 0 Å². The van der Waals surface area contributed by atoms with Crippen molar-refractivity contribution in [2.75, 3.05) is 13.2 Å². The third kappa shape index (κ3) is 4.96. The van der Waals surface area contributed by atoms with E-state index in [2.05, 4.69) is 55.7 Å². The molecule has 1 aliphatic heterocycles. The van der Waals surface area contributed by atoms with E-state index in [0.29, 0.717) is 12.0 Å². The highest BCUT2D eigenvalue weighted by molar-refractivity contribution is 7.80. The van der Waals surface area contributed by atoms with Crippen LogP contribution in [0.3, 0.4) is 0 Å². The molecule has 2 rings (SSSR count). The lowest BCUT2D eigenvalue weighted by Crippen LogP contribution is -2.41. The standard InChI is InChI=1S/C18H28N2OS/c1-4-17(15-9-7-14(8-10-15)13(2)3)20-18(22)19-12-16-6-5-11-21-16/h7-10,13,16-17H,4-6,11-12H2,1-3H3,(H2,19,20,22). The van der Waals surface area contributed by atoms with Crippen LogP contribution < -0.4 is 10.6 Å². The van der Waals surface area contributed by atoms with E-state index in [-0.39, 0.29) is 6.04 Å². The van der Waals surface area contributed by atoms with Crippen molar-refractivity contribution < 1.29 is 4.74 Å². The van der Waals surface area contributed by atoms with Gasteiger partial charge in [-0.3, -0.25) is 0 Å². The number of benzene rings is 1. The molecule has 0 spiro atoms. The van der Waals surface area contributed by atoms with Crippen molar-refractivity contribution in [1.29, 1.82) is 0 Å². The van der Waals surface area contributed by atoms with Gasteiger partial charge in [-0.2, -0.15) is 0 Å². The van der Waals surface area contributed by atoms with Crippen molar-refractivity contribution in [3.63, 3.8) is 0 Å². The van der Waals surface area contributed by atoms with Gasteiger partial charge >= 0.3 is 0 Å². The van der Waals surface area contributed by atoms with Crippen LogP contribution in [-0.2, 0) is 4.74 Å². The summed E-state index contributed by atoms with van der Waals surface area (Å²) < 4.78 is 5.60. The van der Waals surface area contributed by atoms with Crippen LogP contribution in [0.5, 0.6) is 0 Å². The number of hydrogen-bond donors (Lipinski definition) is 2. The van der Waals surface area contributed by atoms with Gasteiger partial charge in [0.25, 0.3) is 0 Å². The maximum Gasteiger partial charge on any atom is 0.166 e. The molecule has 1 saturated heterocycles. The Morgan fingerprint density at radius 3 is 2.50 bits per heavy atom. The van der Waals surface area contributed by atoms with Gasteiger partial charge in [-0.25, -0.2) is 0 Å². The maximum absolute atomic E-state index is 5.60. The largest absolute Gasteiger partial charge is 0.376 e. The molecule has 4 heteroatoms. The van der Waals surface area contributed by atoms with Crippen molar-refractivity contribution in [2.45, 2.75) is 58.1 Å². The SMILES string of the molecule is CCC(NC(=S)NCC1CCCO1)c1ccc(C(C)C)cc1. The van der Waals surface area contributed by atoms with Gasteiger partial charge in [0.15, 0.2) is 5.11 Å². The van der Waals surface area contributed by atoms with E-state index < -0.39 is 0 Å². The molecule has 1 aromatic carbocycles. The minimum absolute atomic E-state index is 0.255. The normalized spacial score (nSPS) is 19.2. The molecule has 0 aromatic heterocycles. The molecule has 1 aromatic rings. The first-order valence-corrected chi connectivity index (χ1v) is 8.76. The summed E-state index contributed by atoms with van der Waals surface area (Å²) in [5.74, 6) is 0.566. The molecule has 122 valence electrons. The molecular formula is C18H28N2OS. The third-order valence-corrected chi connectivity index (χ3v) is 4.50. The minimum Gasteiger partial charge on any atom is -0.376 e. The summed E-state index contributed by atoms with van der Waals surface area (Å²) in [4.78, 5) is 0. The van der Waals surface area contributed by atoms with Crippen molar-refractivity contribution in [2.24, 2.45) is 0 Å². The quantitative estimate of drug-likeness (QED) is 0.779. The van der Waals surface area contributed by atoms with Gasteiger partial charge in [-0.1, -0.05) is 45.0 Å². The van der Waals surface area contributed by atoms with Gasteiger partial charge in [0.1, 0.15) is 0 Å². The average molecular weight is 321 g/mol. The molecular weight excluding hydrogens is 292 g/mol. The Labute approximate surface area is 139 Å². The highest BCUT2D eigenvalue weighted by atomic mass is 32.1. The lowest BCUT2D eigenvalue weighted by atomic mass is 9.98. The molecule has 22 heavy (non-hydrogen) atoms.